The van der Waals surface area contributed by atoms with E-state index in [2.05, 4.69) is 31.0 Å². The van der Waals surface area contributed by atoms with Crippen molar-refractivity contribution in [2.75, 3.05) is 16.0 Å². The number of carbonyl (C=O) groups is 2. The van der Waals surface area contributed by atoms with Gasteiger partial charge in [0.05, 0.1) is 0 Å². The second-order valence-electron chi connectivity index (χ2n) is 6.22. The van der Waals surface area contributed by atoms with E-state index >= 15 is 0 Å². The molecule has 0 aliphatic carbocycles. The Bertz CT molecular complexity index is 1160. The van der Waals surface area contributed by atoms with Gasteiger partial charge in [0.15, 0.2) is 5.82 Å². The van der Waals surface area contributed by atoms with E-state index in [9.17, 15) is 9.59 Å². The zero-order valence-electron chi connectivity index (χ0n) is 15.7. The van der Waals surface area contributed by atoms with Gasteiger partial charge in [0.1, 0.15) is 12.7 Å². The van der Waals surface area contributed by atoms with Crippen molar-refractivity contribution < 1.29 is 9.59 Å². The van der Waals surface area contributed by atoms with Crippen molar-refractivity contribution in [3.63, 3.8) is 0 Å². The summed E-state index contributed by atoms with van der Waals surface area (Å²) in [5.41, 5.74) is 2.17. The van der Waals surface area contributed by atoms with Gasteiger partial charge in [0.25, 0.3) is 5.91 Å². The fourth-order valence-electron chi connectivity index (χ4n) is 2.70. The Balaban J connectivity index is 1.42. The predicted molar refractivity (Wildman–Crippen MR) is 113 cm³/mol. The largest absolute Gasteiger partial charge is 0.323 e. The third-order valence-corrected chi connectivity index (χ3v) is 4.07. The van der Waals surface area contributed by atoms with Crippen LogP contribution in [0.4, 0.5) is 21.9 Å². The van der Waals surface area contributed by atoms with Crippen molar-refractivity contribution in [3.05, 3.63) is 91.1 Å². The number of pyridine rings is 1. The molecule has 2 aromatic heterocycles. The summed E-state index contributed by atoms with van der Waals surface area (Å²) in [6, 6.07) is 18.8. The molecule has 148 valence electrons. The molecule has 9 heteroatoms. The van der Waals surface area contributed by atoms with Crippen LogP contribution in [0.2, 0.25) is 0 Å². The van der Waals surface area contributed by atoms with Crippen molar-refractivity contribution in [3.8, 4) is 5.82 Å². The molecular weight excluding hydrogens is 382 g/mol. The summed E-state index contributed by atoms with van der Waals surface area (Å²) in [4.78, 5) is 32.8. The quantitative estimate of drug-likeness (QED) is 0.475. The predicted octanol–water partition coefficient (Wildman–Crippen LogP) is 3.56. The minimum Gasteiger partial charge on any atom is -0.322 e. The zero-order chi connectivity index (χ0) is 20.8. The normalized spacial score (nSPS) is 10.3. The first-order valence-electron chi connectivity index (χ1n) is 9.03. The molecule has 3 amide bonds. The highest BCUT2D eigenvalue weighted by Crippen LogP contribution is 2.17. The van der Waals surface area contributed by atoms with E-state index in [1.165, 1.54) is 23.5 Å². The first-order valence-corrected chi connectivity index (χ1v) is 9.03. The number of amides is 3. The van der Waals surface area contributed by atoms with Crippen molar-refractivity contribution in [2.24, 2.45) is 0 Å². The molecule has 9 nitrogen and oxygen atoms in total. The van der Waals surface area contributed by atoms with Gasteiger partial charge in [0, 0.05) is 28.8 Å². The number of nitrogens with zero attached hydrogens (tertiary/aromatic N) is 4. The van der Waals surface area contributed by atoms with Crippen LogP contribution >= 0.6 is 0 Å². The summed E-state index contributed by atoms with van der Waals surface area (Å²) in [5, 5.41) is 12.3. The topological polar surface area (TPSA) is 114 Å². The van der Waals surface area contributed by atoms with Gasteiger partial charge in [-0.05, 0) is 42.5 Å². The molecule has 0 radical (unpaired) electrons. The lowest BCUT2D eigenvalue weighted by molar-refractivity contribution is 0.102. The summed E-state index contributed by atoms with van der Waals surface area (Å²) in [6.07, 6.45) is 4.42. The second-order valence-corrected chi connectivity index (χ2v) is 6.22. The average Bonchev–Trinajstić information content (AvgIpc) is 3.30. The fraction of sp³-hybridized carbons (Fsp3) is 0. The van der Waals surface area contributed by atoms with Gasteiger partial charge in [0.2, 0.25) is 0 Å². The molecule has 30 heavy (non-hydrogen) atoms. The standard InChI is InChI=1S/C21H17N7O2/c29-20(15-9-10-23-19(11-15)28-14-22-13-24-28)25-17-7-4-8-18(12-17)27-21(30)26-16-5-2-1-3-6-16/h1-14H,(H,25,29)(H2,26,27,30). The Kier molecular flexibility index (Phi) is 5.43. The Morgan fingerprint density at radius 2 is 1.53 bits per heavy atom. The molecule has 2 heterocycles. The third-order valence-electron chi connectivity index (χ3n) is 4.07. The number of anilines is 3. The van der Waals surface area contributed by atoms with Gasteiger partial charge < -0.3 is 16.0 Å². The molecule has 0 bridgehead atoms. The monoisotopic (exact) mass is 399 g/mol. The number of rotatable bonds is 5. The van der Waals surface area contributed by atoms with Gasteiger partial charge in [-0.3, -0.25) is 4.79 Å². The number of hydrogen-bond donors (Lipinski definition) is 3. The number of nitrogens with one attached hydrogen (secondary N) is 3. The van der Waals surface area contributed by atoms with Crippen LogP contribution in [0.15, 0.2) is 85.6 Å². The summed E-state index contributed by atoms with van der Waals surface area (Å²) in [5.74, 6) is 0.165. The number of benzene rings is 2. The number of urea groups is 1. The summed E-state index contributed by atoms with van der Waals surface area (Å²) < 4.78 is 1.46. The smallest absolute Gasteiger partial charge is 0.322 e. The van der Waals surface area contributed by atoms with Crippen molar-refractivity contribution >= 4 is 29.0 Å². The number of carbonyl (C=O) groups excluding carboxylic acids is 2. The zero-order valence-corrected chi connectivity index (χ0v) is 15.7. The number of hydrogen-bond acceptors (Lipinski definition) is 5. The summed E-state index contributed by atoms with van der Waals surface area (Å²) in [7, 11) is 0. The first kappa shape index (κ1) is 18.8. The first-order chi connectivity index (χ1) is 14.7. The molecule has 0 aliphatic rings. The van der Waals surface area contributed by atoms with Crippen LogP contribution in [0.5, 0.6) is 0 Å². The molecule has 0 unspecified atom stereocenters. The van der Waals surface area contributed by atoms with E-state index in [1.54, 1.807) is 48.5 Å². The Labute approximate surface area is 171 Å². The van der Waals surface area contributed by atoms with Crippen LogP contribution in [0, 0.1) is 0 Å². The molecule has 2 aromatic carbocycles. The van der Waals surface area contributed by atoms with Crippen LogP contribution in [-0.2, 0) is 0 Å². The fourth-order valence-corrected chi connectivity index (χ4v) is 2.70. The molecule has 4 aromatic rings. The maximum atomic E-state index is 12.6. The van der Waals surface area contributed by atoms with E-state index in [0.29, 0.717) is 28.4 Å². The van der Waals surface area contributed by atoms with Crippen molar-refractivity contribution in [2.45, 2.75) is 0 Å². The van der Waals surface area contributed by atoms with E-state index in [-0.39, 0.29) is 11.9 Å². The van der Waals surface area contributed by atoms with E-state index in [4.69, 9.17) is 0 Å². The highest BCUT2D eigenvalue weighted by atomic mass is 16.2. The lowest BCUT2D eigenvalue weighted by Crippen LogP contribution is -2.19. The van der Waals surface area contributed by atoms with E-state index < -0.39 is 0 Å². The maximum absolute atomic E-state index is 12.6. The molecule has 0 fully saturated rings. The van der Waals surface area contributed by atoms with Crippen LogP contribution in [-0.4, -0.2) is 31.7 Å². The average molecular weight is 399 g/mol. The van der Waals surface area contributed by atoms with Crippen molar-refractivity contribution in [1.82, 2.24) is 19.7 Å². The minimum absolute atomic E-state index is 0.315. The molecule has 0 saturated heterocycles. The van der Waals surface area contributed by atoms with Gasteiger partial charge >= 0.3 is 6.03 Å². The van der Waals surface area contributed by atoms with Crippen LogP contribution in [0.25, 0.3) is 5.82 Å². The second kappa shape index (κ2) is 8.65. The number of para-hydroxylation sites is 1. The van der Waals surface area contributed by atoms with Gasteiger partial charge in [-0.2, -0.15) is 5.10 Å². The summed E-state index contributed by atoms with van der Waals surface area (Å²) in [6.45, 7) is 0. The maximum Gasteiger partial charge on any atom is 0.323 e. The number of aromatic nitrogens is 4. The van der Waals surface area contributed by atoms with E-state index in [1.807, 2.05) is 18.2 Å². The molecule has 3 N–H and O–H groups in total. The molecule has 0 atom stereocenters. The van der Waals surface area contributed by atoms with Crippen molar-refractivity contribution in [1.29, 1.82) is 0 Å². The minimum atomic E-state index is -0.378. The lowest BCUT2D eigenvalue weighted by Gasteiger charge is -2.10. The summed E-state index contributed by atoms with van der Waals surface area (Å²) >= 11 is 0. The SMILES string of the molecule is O=C(Nc1ccccc1)Nc1cccc(NC(=O)c2ccnc(-n3cncn3)c2)c1. The highest BCUT2D eigenvalue weighted by Gasteiger charge is 2.10. The third kappa shape index (κ3) is 4.65. The highest BCUT2D eigenvalue weighted by molar-refractivity contribution is 6.05. The molecule has 0 saturated carbocycles. The Morgan fingerprint density at radius 3 is 2.30 bits per heavy atom. The Morgan fingerprint density at radius 1 is 0.800 bits per heavy atom. The molecule has 0 spiro atoms. The lowest BCUT2D eigenvalue weighted by atomic mass is 10.2. The van der Waals surface area contributed by atoms with Crippen LogP contribution in [0.1, 0.15) is 10.4 Å². The van der Waals surface area contributed by atoms with Crippen LogP contribution in [0.3, 0.4) is 0 Å². The van der Waals surface area contributed by atoms with E-state index in [0.717, 1.165) is 0 Å². The van der Waals surface area contributed by atoms with Gasteiger partial charge in [-0.15, -0.1) is 0 Å². The van der Waals surface area contributed by atoms with Gasteiger partial charge in [-0.1, -0.05) is 24.3 Å². The molecular formula is C21H17N7O2. The van der Waals surface area contributed by atoms with Gasteiger partial charge in [-0.25, -0.2) is 19.4 Å². The van der Waals surface area contributed by atoms with Crippen LogP contribution < -0.4 is 16.0 Å². The molecule has 4 rings (SSSR count). The Hall–Kier alpha value is -4.53. The molecule has 0 aliphatic heterocycles.